The van der Waals surface area contributed by atoms with Crippen LogP contribution in [0.3, 0.4) is 0 Å². The standard InChI is InChI=1S/C12H23NO/c1-3-12(14)9-10-5-7-11(8-6-10)13-4-2/h10-11,13H,3-9H2,1-2H3. The average Bonchev–Trinajstić information content (AvgIpc) is 2.21. The molecule has 0 bridgehead atoms. The van der Waals surface area contributed by atoms with Crippen molar-refractivity contribution < 1.29 is 4.79 Å². The summed E-state index contributed by atoms with van der Waals surface area (Å²) < 4.78 is 0. The van der Waals surface area contributed by atoms with E-state index in [2.05, 4.69) is 12.2 Å². The molecule has 1 saturated carbocycles. The second-order valence-corrected chi connectivity index (χ2v) is 4.37. The zero-order valence-corrected chi connectivity index (χ0v) is 9.51. The number of carbonyl (C=O) groups excluding carboxylic acids is 1. The molecule has 0 heterocycles. The van der Waals surface area contributed by atoms with Gasteiger partial charge in [0.15, 0.2) is 0 Å². The van der Waals surface area contributed by atoms with E-state index >= 15 is 0 Å². The molecule has 0 aromatic rings. The minimum Gasteiger partial charge on any atom is -0.314 e. The second-order valence-electron chi connectivity index (χ2n) is 4.37. The zero-order chi connectivity index (χ0) is 10.4. The maximum absolute atomic E-state index is 11.3. The third-order valence-corrected chi connectivity index (χ3v) is 3.25. The molecule has 0 aromatic heterocycles. The molecule has 0 aliphatic heterocycles. The summed E-state index contributed by atoms with van der Waals surface area (Å²) in [7, 11) is 0. The molecule has 2 heteroatoms. The monoisotopic (exact) mass is 197 g/mol. The average molecular weight is 197 g/mol. The van der Waals surface area contributed by atoms with Crippen LogP contribution < -0.4 is 5.32 Å². The van der Waals surface area contributed by atoms with Gasteiger partial charge in [-0.2, -0.15) is 0 Å². The molecule has 0 atom stereocenters. The lowest BCUT2D eigenvalue weighted by atomic mass is 9.83. The van der Waals surface area contributed by atoms with E-state index in [1.54, 1.807) is 0 Å². The van der Waals surface area contributed by atoms with Crippen molar-refractivity contribution >= 4 is 5.78 Å². The van der Waals surface area contributed by atoms with Gasteiger partial charge < -0.3 is 5.32 Å². The molecular weight excluding hydrogens is 174 g/mol. The summed E-state index contributed by atoms with van der Waals surface area (Å²) in [6.45, 7) is 5.20. The quantitative estimate of drug-likeness (QED) is 0.733. The Labute approximate surface area is 87.5 Å². The number of ketones is 1. The van der Waals surface area contributed by atoms with Crippen molar-refractivity contribution in [1.29, 1.82) is 0 Å². The predicted octanol–water partition coefficient (Wildman–Crippen LogP) is 2.52. The zero-order valence-electron chi connectivity index (χ0n) is 9.51. The van der Waals surface area contributed by atoms with Crippen molar-refractivity contribution in [2.45, 2.75) is 58.4 Å². The minimum atomic E-state index is 0.442. The maximum atomic E-state index is 11.3. The van der Waals surface area contributed by atoms with E-state index < -0.39 is 0 Å². The molecule has 0 spiro atoms. The van der Waals surface area contributed by atoms with E-state index in [4.69, 9.17) is 0 Å². The van der Waals surface area contributed by atoms with Crippen molar-refractivity contribution in [3.05, 3.63) is 0 Å². The van der Waals surface area contributed by atoms with Gasteiger partial charge in [-0.1, -0.05) is 13.8 Å². The van der Waals surface area contributed by atoms with Gasteiger partial charge >= 0.3 is 0 Å². The Hall–Kier alpha value is -0.370. The highest BCUT2D eigenvalue weighted by Crippen LogP contribution is 2.27. The molecule has 0 amide bonds. The molecule has 14 heavy (non-hydrogen) atoms. The lowest BCUT2D eigenvalue weighted by Crippen LogP contribution is -2.33. The molecule has 1 N–H and O–H groups in total. The third kappa shape index (κ3) is 3.79. The Morgan fingerprint density at radius 3 is 2.36 bits per heavy atom. The third-order valence-electron chi connectivity index (χ3n) is 3.25. The van der Waals surface area contributed by atoms with Crippen LogP contribution in [0.15, 0.2) is 0 Å². The van der Waals surface area contributed by atoms with Crippen LogP contribution in [-0.2, 0) is 4.79 Å². The fourth-order valence-corrected chi connectivity index (χ4v) is 2.33. The van der Waals surface area contributed by atoms with Crippen molar-refractivity contribution in [2.75, 3.05) is 6.54 Å². The van der Waals surface area contributed by atoms with E-state index in [0.717, 1.165) is 13.0 Å². The van der Waals surface area contributed by atoms with Crippen LogP contribution in [0.2, 0.25) is 0 Å². The first-order valence-corrected chi connectivity index (χ1v) is 6.01. The smallest absolute Gasteiger partial charge is 0.132 e. The van der Waals surface area contributed by atoms with E-state index in [1.807, 2.05) is 6.92 Å². The molecule has 0 saturated heterocycles. The Morgan fingerprint density at radius 1 is 1.21 bits per heavy atom. The van der Waals surface area contributed by atoms with E-state index in [-0.39, 0.29) is 0 Å². The van der Waals surface area contributed by atoms with Crippen LogP contribution >= 0.6 is 0 Å². The molecule has 1 aliphatic carbocycles. The number of hydrogen-bond acceptors (Lipinski definition) is 2. The Bertz CT molecular complexity index is 171. The van der Waals surface area contributed by atoms with Gasteiger partial charge in [-0.05, 0) is 38.1 Å². The normalized spacial score (nSPS) is 27.6. The Kier molecular flexibility index (Phi) is 5.16. The van der Waals surface area contributed by atoms with Crippen LogP contribution in [0.1, 0.15) is 52.4 Å². The fourth-order valence-electron chi connectivity index (χ4n) is 2.33. The van der Waals surface area contributed by atoms with E-state index in [0.29, 0.717) is 24.2 Å². The van der Waals surface area contributed by atoms with Crippen molar-refractivity contribution in [3.8, 4) is 0 Å². The van der Waals surface area contributed by atoms with Gasteiger partial charge in [0.2, 0.25) is 0 Å². The van der Waals surface area contributed by atoms with E-state index in [1.165, 1.54) is 25.7 Å². The lowest BCUT2D eigenvalue weighted by molar-refractivity contribution is -0.119. The summed E-state index contributed by atoms with van der Waals surface area (Å²) in [5, 5.41) is 3.49. The first-order valence-electron chi connectivity index (χ1n) is 6.01. The summed E-state index contributed by atoms with van der Waals surface area (Å²) in [4.78, 5) is 11.3. The summed E-state index contributed by atoms with van der Waals surface area (Å²) in [5.74, 6) is 1.12. The molecule has 2 nitrogen and oxygen atoms in total. The molecular formula is C12H23NO. The van der Waals surface area contributed by atoms with Crippen LogP contribution in [-0.4, -0.2) is 18.4 Å². The molecule has 1 rings (SSSR count). The molecule has 0 aromatic carbocycles. The molecule has 0 unspecified atom stereocenters. The predicted molar refractivity (Wildman–Crippen MR) is 59.3 cm³/mol. The largest absolute Gasteiger partial charge is 0.314 e. The summed E-state index contributed by atoms with van der Waals surface area (Å²) >= 11 is 0. The number of carbonyl (C=O) groups is 1. The summed E-state index contributed by atoms with van der Waals surface area (Å²) in [5.41, 5.74) is 0. The van der Waals surface area contributed by atoms with E-state index in [9.17, 15) is 4.79 Å². The molecule has 0 radical (unpaired) electrons. The van der Waals surface area contributed by atoms with Gasteiger partial charge in [-0.3, -0.25) is 4.79 Å². The summed E-state index contributed by atoms with van der Waals surface area (Å²) in [6, 6.07) is 0.716. The number of Topliss-reactive ketones (excluding diaryl/α,β-unsaturated/α-hetero) is 1. The first-order chi connectivity index (χ1) is 6.76. The van der Waals surface area contributed by atoms with Crippen molar-refractivity contribution in [3.63, 3.8) is 0 Å². The number of rotatable bonds is 5. The van der Waals surface area contributed by atoms with Crippen LogP contribution in [0, 0.1) is 5.92 Å². The lowest BCUT2D eigenvalue weighted by Gasteiger charge is -2.28. The number of nitrogens with one attached hydrogen (secondary N) is 1. The van der Waals surface area contributed by atoms with Crippen LogP contribution in [0.25, 0.3) is 0 Å². The van der Waals surface area contributed by atoms with Crippen molar-refractivity contribution in [2.24, 2.45) is 5.92 Å². The van der Waals surface area contributed by atoms with Crippen molar-refractivity contribution in [1.82, 2.24) is 5.32 Å². The SMILES string of the molecule is CCNC1CCC(CC(=O)CC)CC1. The number of hydrogen-bond donors (Lipinski definition) is 1. The van der Waals surface area contributed by atoms with Gasteiger partial charge in [-0.25, -0.2) is 0 Å². The van der Waals surface area contributed by atoms with Gasteiger partial charge in [0, 0.05) is 18.9 Å². The fraction of sp³-hybridized carbons (Fsp3) is 0.917. The topological polar surface area (TPSA) is 29.1 Å². The second kappa shape index (κ2) is 6.18. The molecule has 82 valence electrons. The Balaban J connectivity index is 2.18. The van der Waals surface area contributed by atoms with Gasteiger partial charge in [0.1, 0.15) is 5.78 Å². The van der Waals surface area contributed by atoms with Gasteiger partial charge in [0.05, 0.1) is 0 Å². The summed E-state index contributed by atoms with van der Waals surface area (Å²) in [6.07, 6.45) is 6.54. The van der Waals surface area contributed by atoms with Crippen LogP contribution in [0.5, 0.6) is 0 Å². The van der Waals surface area contributed by atoms with Gasteiger partial charge in [0.25, 0.3) is 0 Å². The Morgan fingerprint density at radius 2 is 1.86 bits per heavy atom. The van der Waals surface area contributed by atoms with Crippen LogP contribution in [0.4, 0.5) is 0 Å². The van der Waals surface area contributed by atoms with Gasteiger partial charge in [-0.15, -0.1) is 0 Å². The maximum Gasteiger partial charge on any atom is 0.132 e. The minimum absolute atomic E-state index is 0.442. The highest BCUT2D eigenvalue weighted by molar-refractivity contribution is 5.78. The first kappa shape index (κ1) is 11.7. The highest BCUT2D eigenvalue weighted by atomic mass is 16.1. The molecule has 1 aliphatic rings. The highest BCUT2D eigenvalue weighted by Gasteiger charge is 2.21. The molecule has 1 fully saturated rings.